The summed E-state index contributed by atoms with van der Waals surface area (Å²) in [4.78, 5) is 30.9. The van der Waals surface area contributed by atoms with Gasteiger partial charge in [0.25, 0.3) is 0 Å². The monoisotopic (exact) mass is 496 g/mol. The summed E-state index contributed by atoms with van der Waals surface area (Å²) in [5, 5.41) is 9.00. The lowest BCUT2D eigenvalue weighted by molar-refractivity contribution is -0.131. The molecule has 1 amide bonds. The lowest BCUT2D eigenvalue weighted by atomic mass is 9.88. The number of carbonyl (C=O) groups is 2. The van der Waals surface area contributed by atoms with E-state index in [1.54, 1.807) is 17.4 Å². The number of anilines is 1. The molecule has 5 rings (SSSR count). The van der Waals surface area contributed by atoms with Crippen LogP contribution in [0.5, 0.6) is 0 Å². The van der Waals surface area contributed by atoms with Crippen LogP contribution in [0.15, 0.2) is 78.3 Å². The molecule has 0 bridgehead atoms. The molecule has 6 heteroatoms. The highest BCUT2D eigenvalue weighted by atomic mass is 32.1. The molecule has 5 nitrogen and oxygen atoms in total. The quantitative estimate of drug-likeness (QED) is 0.275. The van der Waals surface area contributed by atoms with Crippen molar-refractivity contribution in [2.24, 2.45) is 5.92 Å². The fourth-order valence-corrected chi connectivity index (χ4v) is 5.51. The third-order valence-electron chi connectivity index (χ3n) is 6.78. The van der Waals surface area contributed by atoms with Gasteiger partial charge in [-0.15, -0.1) is 11.3 Å². The molecule has 0 radical (unpaired) electrons. The van der Waals surface area contributed by atoms with Crippen molar-refractivity contribution in [1.29, 1.82) is 0 Å². The fourth-order valence-electron chi connectivity index (χ4n) is 4.85. The maximum Gasteiger partial charge on any atom is 0.328 e. The number of thiazole rings is 1. The van der Waals surface area contributed by atoms with Gasteiger partial charge in [0.15, 0.2) is 0 Å². The van der Waals surface area contributed by atoms with Gasteiger partial charge in [-0.05, 0) is 65.4 Å². The van der Waals surface area contributed by atoms with Crippen LogP contribution in [-0.4, -0.2) is 22.0 Å². The summed E-state index contributed by atoms with van der Waals surface area (Å²) in [6, 6.07) is 22.2. The summed E-state index contributed by atoms with van der Waals surface area (Å²) in [6.07, 6.45) is 7.88. The minimum atomic E-state index is -0.996. The van der Waals surface area contributed by atoms with Gasteiger partial charge in [-0.2, -0.15) is 0 Å². The molecule has 0 unspecified atom stereocenters. The molecule has 1 aromatic heterocycles. The maximum atomic E-state index is 13.7. The molecule has 1 heterocycles. The van der Waals surface area contributed by atoms with Gasteiger partial charge in [0, 0.05) is 17.7 Å². The van der Waals surface area contributed by atoms with Gasteiger partial charge in [0.1, 0.15) is 0 Å². The molecule has 3 aromatic carbocycles. The van der Waals surface area contributed by atoms with Crippen LogP contribution in [0.1, 0.15) is 43.2 Å². The normalized spacial score (nSPS) is 14.3. The number of rotatable bonds is 7. The zero-order valence-electron chi connectivity index (χ0n) is 20.0. The molecule has 0 aliphatic heterocycles. The largest absolute Gasteiger partial charge is 0.478 e. The average Bonchev–Trinajstić information content (AvgIpc) is 3.39. The Bertz CT molecular complexity index is 1400. The number of benzene rings is 3. The van der Waals surface area contributed by atoms with E-state index in [0.29, 0.717) is 6.54 Å². The number of carboxylic acids is 1. The summed E-state index contributed by atoms with van der Waals surface area (Å²) in [6.45, 7) is 0.465. The van der Waals surface area contributed by atoms with E-state index in [-0.39, 0.29) is 11.8 Å². The van der Waals surface area contributed by atoms with Crippen LogP contribution in [0, 0.1) is 5.92 Å². The Morgan fingerprint density at radius 2 is 1.75 bits per heavy atom. The zero-order chi connectivity index (χ0) is 24.9. The molecule has 4 aromatic rings. The van der Waals surface area contributed by atoms with Gasteiger partial charge < -0.3 is 10.0 Å². The minimum Gasteiger partial charge on any atom is -0.478 e. The van der Waals surface area contributed by atoms with E-state index >= 15 is 0 Å². The first-order valence-electron chi connectivity index (χ1n) is 12.3. The lowest BCUT2D eigenvalue weighted by Crippen LogP contribution is -2.36. The number of nitrogens with zero attached hydrogens (tertiary/aromatic N) is 2. The second kappa shape index (κ2) is 10.9. The summed E-state index contributed by atoms with van der Waals surface area (Å²) in [5.74, 6) is -0.822. The SMILES string of the molecule is O=C(O)C=Cc1cccc(N(Cc2ccc(-c3ccc4scnc4c3)cc2)C(=O)C2CCCCC2)c1. The van der Waals surface area contributed by atoms with Gasteiger partial charge in [0.05, 0.1) is 22.3 Å². The van der Waals surface area contributed by atoms with E-state index in [1.165, 1.54) is 11.1 Å². The van der Waals surface area contributed by atoms with Crippen molar-refractivity contribution in [1.82, 2.24) is 4.98 Å². The second-order valence-electron chi connectivity index (χ2n) is 9.26. The van der Waals surface area contributed by atoms with Crippen molar-refractivity contribution in [2.45, 2.75) is 38.6 Å². The van der Waals surface area contributed by atoms with Crippen molar-refractivity contribution in [2.75, 3.05) is 4.90 Å². The van der Waals surface area contributed by atoms with E-state index in [1.807, 2.05) is 34.7 Å². The third kappa shape index (κ3) is 5.55. The third-order valence-corrected chi connectivity index (χ3v) is 7.59. The van der Waals surface area contributed by atoms with Gasteiger partial charge in [-0.1, -0.05) is 61.7 Å². The van der Waals surface area contributed by atoms with E-state index in [2.05, 4.69) is 47.4 Å². The predicted octanol–water partition coefficient (Wildman–Crippen LogP) is 7.17. The van der Waals surface area contributed by atoms with Crippen LogP contribution in [0.4, 0.5) is 5.69 Å². The first kappa shape index (κ1) is 23.9. The molecule has 0 atom stereocenters. The van der Waals surface area contributed by atoms with Crippen LogP contribution in [-0.2, 0) is 16.1 Å². The van der Waals surface area contributed by atoms with Crippen molar-refractivity contribution in [3.8, 4) is 11.1 Å². The number of aromatic nitrogens is 1. The molecule has 1 N–H and O–H groups in total. The molecule has 1 aliphatic rings. The van der Waals surface area contributed by atoms with Gasteiger partial charge in [-0.3, -0.25) is 4.79 Å². The number of carbonyl (C=O) groups excluding carboxylic acids is 1. The van der Waals surface area contributed by atoms with Crippen LogP contribution in [0.25, 0.3) is 27.4 Å². The van der Waals surface area contributed by atoms with E-state index < -0.39 is 5.97 Å². The molecule has 182 valence electrons. The lowest BCUT2D eigenvalue weighted by Gasteiger charge is -2.30. The van der Waals surface area contributed by atoms with E-state index in [9.17, 15) is 9.59 Å². The summed E-state index contributed by atoms with van der Waals surface area (Å²) >= 11 is 1.64. The highest BCUT2D eigenvalue weighted by Crippen LogP contribution is 2.30. The summed E-state index contributed by atoms with van der Waals surface area (Å²) in [5.41, 5.74) is 7.68. The molecule has 36 heavy (non-hydrogen) atoms. The number of aliphatic carboxylic acids is 1. The van der Waals surface area contributed by atoms with Gasteiger partial charge in [0.2, 0.25) is 5.91 Å². The molecule has 1 aliphatic carbocycles. The van der Waals surface area contributed by atoms with Crippen molar-refractivity contribution in [3.63, 3.8) is 0 Å². The van der Waals surface area contributed by atoms with E-state index in [0.717, 1.165) is 65.2 Å². The number of fused-ring (bicyclic) bond motifs is 1. The number of hydrogen-bond acceptors (Lipinski definition) is 4. The summed E-state index contributed by atoms with van der Waals surface area (Å²) < 4.78 is 1.17. The topological polar surface area (TPSA) is 70.5 Å². The van der Waals surface area contributed by atoms with E-state index in [4.69, 9.17) is 5.11 Å². The molecule has 1 fully saturated rings. The molecule has 0 spiro atoms. The van der Waals surface area contributed by atoms with Crippen molar-refractivity contribution < 1.29 is 14.7 Å². The molecule has 1 saturated carbocycles. The Kier molecular flexibility index (Phi) is 7.23. The Morgan fingerprint density at radius 3 is 2.53 bits per heavy atom. The first-order valence-corrected chi connectivity index (χ1v) is 13.2. The Morgan fingerprint density at radius 1 is 0.972 bits per heavy atom. The van der Waals surface area contributed by atoms with Gasteiger partial charge in [-0.25, -0.2) is 9.78 Å². The predicted molar refractivity (Wildman–Crippen MR) is 146 cm³/mol. The smallest absolute Gasteiger partial charge is 0.328 e. The zero-order valence-corrected chi connectivity index (χ0v) is 20.8. The molecular formula is C30H28N2O3S. The maximum absolute atomic E-state index is 13.7. The van der Waals surface area contributed by atoms with Crippen LogP contribution >= 0.6 is 11.3 Å². The number of hydrogen-bond donors (Lipinski definition) is 1. The van der Waals surface area contributed by atoms with Crippen molar-refractivity contribution in [3.05, 3.63) is 89.4 Å². The average molecular weight is 497 g/mol. The summed E-state index contributed by atoms with van der Waals surface area (Å²) in [7, 11) is 0. The number of carboxylic acid groups (broad SMARTS) is 1. The first-order chi connectivity index (χ1) is 17.6. The highest BCUT2D eigenvalue weighted by molar-refractivity contribution is 7.16. The fraction of sp³-hybridized carbons (Fsp3) is 0.233. The Labute approximate surface area is 214 Å². The Hall–Kier alpha value is -3.77. The molecular weight excluding hydrogens is 468 g/mol. The minimum absolute atomic E-state index is 0.0288. The van der Waals surface area contributed by atoms with Crippen molar-refractivity contribution >= 4 is 45.2 Å². The second-order valence-corrected chi connectivity index (χ2v) is 10.1. The van der Waals surface area contributed by atoms with Crippen LogP contribution in [0.3, 0.4) is 0 Å². The standard InChI is InChI=1S/C30H28N2O3S/c33-29(34)16-11-21-5-4-8-26(17-21)32(30(35)24-6-2-1-3-7-24)19-22-9-12-23(13-10-22)25-14-15-28-27(18-25)31-20-36-28/h4-5,8-18,20,24H,1-3,6-7,19H2,(H,33,34). The highest BCUT2D eigenvalue weighted by Gasteiger charge is 2.27. The van der Waals surface area contributed by atoms with Gasteiger partial charge >= 0.3 is 5.97 Å². The molecule has 0 saturated heterocycles. The number of amides is 1. The Balaban J connectivity index is 1.42. The van der Waals surface area contributed by atoms with Crippen LogP contribution < -0.4 is 4.90 Å². The van der Waals surface area contributed by atoms with Crippen LogP contribution in [0.2, 0.25) is 0 Å².